The third-order valence-electron chi connectivity index (χ3n) is 2.68. The maximum absolute atomic E-state index is 9.75. The Bertz CT molecular complexity index is 331. The molecule has 0 saturated heterocycles. The molecule has 1 aromatic rings. The van der Waals surface area contributed by atoms with E-state index in [9.17, 15) is 17.3 Å². The van der Waals surface area contributed by atoms with Crippen LogP contribution in [0, 0.1) is 0 Å². The minimum atomic E-state index is -6.00. The summed E-state index contributed by atoms with van der Waals surface area (Å²) in [6, 6.07) is 0. The van der Waals surface area contributed by atoms with Crippen LogP contribution in [-0.4, -0.2) is 36.4 Å². The molecule has 0 spiro atoms. The Kier molecular flexibility index (Phi) is 8.46. The second-order valence-corrected chi connectivity index (χ2v) is 4.00. The number of aromatic nitrogens is 2. The Labute approximate surface area is 111 Å². The zero-order chi connectivity index (χ0) is 14.9. The predicted octanol–water partition coefficient (Wildman–Crippen LogP) is 2.44. The van der Waals surface area contributed by atoms with Crippen LogP contribution in [0.2, 0.25) is 0 Å². The van der Waals surface area contributed by atoms with Crippen LogP contribution in [-0.2, 0) is 13.1 Å². The Balaban J connectivity index is 0.000000555. The van der Waals surface area contributed by atoms with E-state index in [1.165, 1.54) is 0 Å². The molecule has 1 heterocycles. The van der Waals surface area contributed by atoms with Gasteiger partial charge in [-0.2, -0.15) is 0 Å². The smallest absolute Gasteiger partial charge is 0.418 e. The van der Waals surface area contributed by atoms with Crippen molar-refractivity contribution in [3.63, 3.8) is 0 Å². The molecule has 0 amide bonds. The molecule has 1 rings (SSSR count). The van der Waals surface area contributed by atoms with E-state index in [4.69, 9.17) is 0 Å². The largest absolute Gasteiger partial charge is 0.673 e. The average Bonchev–Trinajstić information content (AvgIpc) is 2.76. The van der Waals surface area contributed by atoms with Crippen molar-refractivity contribution in [2.24, 2.45) is 0 Å². The Morgan fingerprint density at radius 3 is 2.00 bits per heavy atom. The summed E-state index contributed by atoms with van der Waals surface area (Å²) in [6.07, 6.45) is 6.44. The van der Waals surface area contributed by atoms with Gasteiger partial charge in [0.05, 0.1) is 6.54 Å². The molecule has 0 aliphatic rings. The van der Waals surface area contributed by atoms with E-state index in [1.54, 1.807) is 0 Å². The first-order valence-electron chi connectivity index (χ1n) is 6.44. The molecule has 1 aromatic heterocycles. The highest BCUT2D eigenvalue weighted by Crippen LogP contribution is 2.06. The SMILES string of the molecule is CCN(CC)CC[n+]1ccn(CC)c1.F[B-](F)(F)F. The molecule has 0 fully saturated rings. The molecule has 0 aromatic carbocycles. The van der Waals surface area contributed by atoms with Crippen LogP contribution in [0.15, 0.2) is 18.7 Å². The fraction of sp³-hybridized carbons (Fsp3) is 0.727. The van der Waals surface area contributed by atoms with Crippen molar-refractivity contribution in [3.05, 3.63) is 18.7 Å². The fourth-order valence-electron chi connectivity index (χ4n) is 1.55. The molecule has 0 aliphatic heterocycles. The predicted molar refractivity (Wildman–Crippen MR) is 68.3 cm³/mol. The Hall–Kier alpha value is -1.05. The molecule has 112 valence electrons. The van der Waals surface area contributed by atoms with Crippen molar-refractivity contribution in [2.75, 3.05) is 19.6 Å². The summed E-state index contributed by atoms with van der Waals surface area (Å²) in [5, 5.41) is 0. The van der Waals surface area contributed by atoms with Gasteiger partial charge in [-0.15, -0.1) is 0 Å². The zero-order valence-electron chi connectivity index (χ0n) is 11.7. The van der Waals surface area contributed by atoms with Gasteiger partial charge in [0, 0.05) is 6.54 Å². The summed E-state index contributed by atoms with van der Waals surface area (Å²) in [5.74, 6) is 0. The summed E-state index contributed by atoms with van der Waals surface area (Å²) in [7, 11) is -6.00. The highest BCUT2D eigenvalue weighted by atomic mass is 19.5. The van der Waals surface area contributed by atoms with E-state index in [2.05, 4.69) is 53.5 Å². The minimum absolute atomic E-state index is 1.05. The maximum Gasteiger partial charge on any atom is 0.673 e. The van der Waals surface area contributed by atoms with E-state index in [0.29, 0.717) is 0 Å². The molecule has 19 heavy (non-hydrogen) atoms. The van der Waals surface area contributed by atoms with E-state index in [1.807, 2.05) is 0 Å². The number of hydrogen-bond donors (Lipinski definition) is 0. The standard InChI is InChI=1S/C11H22N3.BF4/c1-4-12(5-2)7-9-14-10-8-13(6-3)11-14;2-1(3,4)5/h8,10-11H,4-7,9H2,1-3H3;/q+1;-1. The van der Waals surface area contributed by atoms with Crippen LogP contribution in [0.3, 0.4) is 0 Å². The summed E-state index contributed by atoms with van der Waals surface area (Å²) < 4.78 is 43.4. The normalized spacial score (nSPS) is 11.4. The van der Waals surface area contributed by atoms with Crippen LogP contribution in [0.25, 0.3) is 0 Å². The number of likely N-dealkylation sites (N-methyl/N-ethyl adjacent to an activating group) is 1. The average molecular weight is 283 g/mol. The van der Waals surface area contributed by atoms with E-state index in [-0.39, 0.29) is 0 Å². The summed E-state index contributed by atoms with van der Waals surface area (Å²) in [5.41, 5.74) is 0. The van der Waals surface area contributed by atoms with Gasteiger partial charge in [0.2, 0.25) is 6.33 Å². The maximum atomic E-state index is 9.75. The lowest BCUT2D eigenvalue weighted by Gasteiger charge is -2.15. The van der Waals surface area contributed by atoms with Gasteiger partial charge in [0.1, 0.15) is 18.9 Å². The first kappa shape index (κ1) is 18.0. The van der Waals surface area contributed by atoms with Crippen LogP contribution in [0.5, 0.6) is 0 Å². The first-order chi connectivity index (χ1) is 8.80. The number of halogens is 4. The molecular formula is C11H22BF4N3. The van der Waals surface area contributed by atoms with E-state index >= 15 is 0 Å². The molecular weight excluding hydrogens is 261 g/mol. The number of nitrogens with zero attached hydrogens (tertiary/aromatic N) is 3. The second kappa shape index (κ2) is 8.95. The van der Waals surface area contributed by atoms with Gasteiger partial charge in [-0.05, 0) is 20.0 Å². The van der Waals surface area contributed by atoms with Crippen LogP contribution in [0.1, 0.15) is 20.8 Å². The van der Waals surface area contributed by atoms with Crippen molar-refractivity contribution in [1.29, 1.82) is 0 Å². The lowest BCUT2D eigenvalue weighted by molar-refractivity contribution is -0.696. The number of imidazole rings is 1. The second-order valence-electron chi connectivity index (χ2n) is 4.00. The van der Waals surface area contributed by atoms with Gasteiger partial charge in [-0.25, -0.2) is 9.13 Å². The quantitative estimate of drug-likeness (QED) is 0.443. The first-order valence-corrected chi connectivity index (χ1v) is 6.44. The molecule has 0 radical (unpaired) electrons. The Morgan fingerprint density at radius 1 is 1.11 bits per heavy atom. The van der Waals surface area contributed by atoms with Gasteiger partial charge in [-0.3, -0.25) is 4.90 Å². The molecule has 0 N–H and O–H groups in total. The van der Waals surface area contributed by atoms with Gasteiger partial charge in [-0.1, -0.05) is 13.8 Å². The van der Waals surface area contributed by atoms with Gasteiger partial charge >= 0.3 is 7.25 Å². The van der Waals surface area contributed by atoms with Gasteiger partial charge in [0.25, 0.3) is 0 Å². The lowest BCUT2D eigenvalue weighted by Crippen LogP contribution is -2.39. The summed E-state index contributed by atoms with van der Waals surface area (Å²) >= 11 is 0. The number of hydrogen-bond acceptors (Lipinski definition) is 1. The molecule has 0 saturated carbocycles. The molecule has 3 nitrogen and oxygen atoms in total. The van der Waals surface area contributed by atoms with Gasteiger partial charge in [0.15, 0.2) is 0 Å². The van der Waals surface area contributed by atoms with Crippen molar-refractivity contribution >= 4 is 7.25 Å². The number of rotatable bonds is 6. The number of aryl methyl sites for hydroxylation is 1. The van der Waals surface area contributed by atoms with Crippen LogP contribution >= 0.6 is 0 Å². The third-order valence-corrected chi connectivity index (χ3v) is 2.68. The Morgan fingerprint density at radius 2 is 1.63 bits per heavy atom. The fourth-order valence-corrected chi connectivity index (χ4v) is 1.55. The molecule has 8 heteroatoms. The van der Waals surface area contributed by atoms with Crippen molar-refractivity contribution in [2.45, 2.75) is 33.9 Å². The minimum Gasteiger partial charge on any atom is -0.418 e. The van der Waals surface area contributed by atoms with E-state index in [0.717, 1.165) is 32.7 Å². The third kappa shape index (κ3) is 10.6. The van der Waals surface area contributed by atoms with Crippen LogP contribution in [0.4, 0.5) is 17.3 Å². The summed E-state index contributed by atoms with van der Waals surface area (Å²) in [4.78, 5) is 2.44. The highest BCUT2D eigenvalue weighted by Gasteiger charge is 2.20. The molecule has 0 unspecified atom stereocenters. The topological polar surface area (TPSA) is 12.1 Å². The molecule has 0 atom stereocenters. The zero-order valence-corrected chi connectivity index (χ0v) is 11.7. The van der Waals surface area contributed by atoms with Crippen molar-refractivity contribution in [1.82, 2.24) is 9.47 Å². The van der Waals surface area contributed by atoms with Gasteiger partial charge < -0.3 is 17.3 Å². The summed E-state index contributed by atoms with van der Waals surface area (Å²) in [6.45, 7) is 12.2. The van der Waals surface area contributed by atoms with Crippen molar-refractivity contribution in [3.8, 4) is 0 Å². The van der Waals surface area contributed by atoms with Crippen molar-refractivity contribution < 1.29 is 21.8 Å². The molecule has 0 bridgehead atoms. The highest BCUT2D eigenvalue weighted by molar-refractivity contribution is 6.50. The monoisotopic (exact) mass is 283 g/mol. The van der Waals surface area contributed by atoms with E-state index < -0.39 is 7.25 Å². The van der Waals surface area contributed by atoms with Crippen LogP contribution < -0.4 is 4.57 Å². The lowest BCUT2D eigenvalue weighted by atomic mass is 10.3. The molecule has 0 aliphatic carbocycles.